The quantitative estimate of drug-likeness (QED) is 0.738. The average molecular weight is 316 g/mol. The number of benzene rings is 1. The van der Waals surface area contributed by atoms with E-state index in [2.05, 4.69) is 5.32 Å². The summed E-state index contributed by atoms with van der Waals surface area (Å²) in [5.41, 5.74) is 0.415. The first kappa shape index (κ1) is 17.4. The molecular weight excluding hydrogens is 296 g/mol. The van der Waals surface area contributed by atoms with Crippen LogP contribution in [0, 0.1) is 0 Å². The van der Waals surface area contributed by atoms with Crippen LogP contribution in [0.4, 0.5) is 5.69 Å². The van der Waals surface area contributed by atoms with Crippen molar-refractivity contribution in [3.05, 3.63) is 24.3 Å². The lowest BCUT2D eigenvalue weighted by atomic mass is 10.2. The van der Waals surface area contributed by atoms with E-state index in [4.69, 9.17) is 9.84 Å². The van der Waals surface area contributed by atoms with E-state index in [1.807, 2.05) is 0 Å². The summed E-state index contributed by atoms with van der Waals surface area (Å²) in [7, 11) is 0.749. The van der Waals surface area contributed by atoms with Gasteiger partial charge >= 0.3 is 5.97 Å². The number of sulfonamides is 1. The van der Waals surface area contributed by atoms with Gasteiger partial charge in [0.1, 0.15) is 4.90 Å². The number of aliphatic carboxylic acids is 1. The number of para-hydroxylation sites is 1. The van der Waals surface area contributed by atoms with Gasteiger partial charge in [-0.2, -0.15) is 0 Å². The van der Waals surface area contributed by atoms with Gasteiger partial charge in [0.2, 0.25) is 10.0 Å². The molecule has 1 unspecified atom stereocenters. The number of ether oxygens (including phenoxy) is 1. The lowest BCUT2D eigenvalue weighted by molar-refractivity contribution is -0.139. The van der Waals surface area contributed by atoms with Gasteiger partial charge in [0.15, 0.2) is 0 Å². The number of carbonyl (C=O) groups is 1. The molecule has 2 N–H and O–H groups in total. The van der Waals surface area contributed by atoms with Crippen molar-refractivity contribution in [3.8, 4) is 0 Å². The fraction of sp³-hybridized carbons (Fsp3) is 0.462. The van der Waals surface area contributed by atoms with Crippen LogP contribution in [0.5, 0.6) is 0 Å². The number of hydrogen-bond acceptors (Lipinski definition) is 5. The normalized spacial score (nSPS) is 13.1. The summed E-state index contributed by atoms with van der Waals surface area (Å²) in [6.45, 7) is 0.197. The van der Waals surface area contributed by atoms with Crippen LogP contribution in [0.15, 0.2) is 29.2 Å². The van der Waals surface area contributed by atoms with E-state index < -0.39 is 22.1 Å². The molecule has 1 aromatic rings. The monoisotopic (exact) mass is 316 g/mol. The van der Waals surface area contributed by atoms with Crippen molar-refractivity contribution in [2.45, 2.75) is 17.4 Å². The second-order valence-corrected chi connectivity index (χ2v) is 6.74. The molecule has 21 heavy (non-hydrogen) atoms. The molecule has 118 valence electrons. The predicted molar refractivity (Wildman–Crippen MR) is 78.9 cm³/mol. The average Bonchev–Trinajstić information content (AvgIpc) is 2.43. The molecule has 1 rings (SSSR count). The maximum Gasteiger partial charge on any atom is 0.306 e. The highest BCUT2D eigenvalue weighted by atomic mass is 32.2. The molecule has 0 aromatic heterocycles. The highest BCUT2D eigenvalue weighted by molar-refractivity contribution is 7.89. The topological polar surface area (TPSA) is 95.9 Å². The van der Waals surface area contributed by atoms with Gasteiger partial charge in [-0.25, -0.2) is 12.7 Å². The fourth-order valence-corrected chi connectivity index (χ4v) is 2.75. The second kappa shape index (κ2) is 7.39. The van der Waals surface area contributed by atoms with Crippen LogP contribution in [-0.2, 0) is 19.6 Å². The number of methoxy groups -OCH3 is 1. The molecule has 0 saturated carbocycles. The second-order valence-electron chi connectivity index (χ2n) is 4.62. The Morgan fingerprint density at radius 2 is 2.00 bits per heavy atom. The van der Waals surface area contributed by atoms with E-state index in [1.165, 1.54) is 27.3 Å². The van der Waals surface area contributed by atoms with E-state index in [9.17, 15) is 13.2 Å². The molecule has 8 heteroatoms. The van der Waals surface area contributed by atoms with Gasteiger partial charge in [0.05, 0.1) is 18.2 Å². The van der Waals surface area contributed by atoms with Gasteiger partial charge in [-0.1, -0.05) is 12.1 Å². The van der Waals surface area contributed by atoms with Crippen molar-refractivity contribution in [2.75, 3.05) is 33.1 Å². The minimum Gasteiger partial charge on any atom is -0.481 e. The zero-order valence-electron chi connectivity index (χ0n) is 12.2. The van der Waals surface area contributed by atoms with E-state index in [0.717, 1.165) is 4.31 Å². The first-order valence-electron chi connectivity index (χ1n) is 6.29. The van der Waals surface area contributed by atoms with E-state index in [-0.39, 0.29) is 17.9 Å². The van der Waals surface area contributed by atoms with E-state index in [0.29, 0.717) is 5.69 Å². The zero-order chi connectivity index (χ0) is 16.0. The number of carboxylic acid groups (broad SMARTS) is 1. The van der Waals surface area contributed by atoms with Gasteiger partial charge in [-0.15, -0.1) is 0 Å². The lowest BCUT2D eigenvalue weighted by Crippen LogP contribution is -2.27. The Morgan fingerprint density at radius 3 is 2.52 bits per heavy atom. The maximum absolute atomic E-state index is 12.2. The first-order chi connectivity index (χ1) is 9.78. The van der Waals surface area contributed by atoms with Gasteiger partial charge in [-0.3, -0.25) is 4.79 Å². The third kappa shape index (κ3) is 4.69. The molecule has 0 heterocycles. The Morgan fingerprint density at radius 1 is 1.38 bits per heavy atom. The summed E-state index contributed by atoms with van der Waals surface area (Å²) in [5, 5.41) is 11.7. The van der Waals surface area contributed by atoms with Crippen molar-refractivity contribution in [3.63, 3.8) is 0 Å². The molecule has 0 bridgehead atoms. The zero-order valence-corrected chi connectivity index (χ0v) is 13.1. The number of rotatable bonds is 8. The molecule has 7 nitrogen and oxygen atoms in total. The van der Waals surface area contributed by atoms with Crippen LogP contribution in [0.3, 0.4) is 0 Å². The number of hydrogen-bond donors (Lipinski definition) is 2. The molecule has 0 radical (unpaired) electrons. The van der Waals surface area contributed by atoms with Gasteiger partial charge < -0.3 is 15.2 Å². The van der Waals surface area contributed by atoms with Crippen LogP contribution in [-0.4, -0.2) is 57.7 Å². The van der Waals surface area contributed by atoms with Crippen LogP contribution >= 0.6 is 0 Å². The SMILES string of the molecule is COC(CNc1ccccc1S(=O)(=O)N(C)C)CC(=O)O. The third-order valence-corrected chi connectivity index (χ3v) is 4.77. The fourth-order valence-electron chi connectivity index (χ4n) is 1.69. The van der Waals surface area contributed by atoms with E-state index in [1.54, 1.807) is 18.2 Å². The van der Waals surface area contributed by atoms with Crippen molar-refractivity contribution >= 4 is 21.7 Å². The van der Waals surface area contributed by atoms with Crippen LogP contribution in [0.25, 0.3) is 0 Å². The minimum absolute atomic E-state index is 0.139. The molecule has 0 amide bonds. The summed E-state index contributed by atoms with van der Waals surface area (Å²) in [5.74, 6) is -0.974. The standard InChI is InChI=1S/C13H20N2O5S/c1-15(2)21(18,19)12-7-5-4-6-11(12)14-9-10(20-3)8-13(16)17/h4-7,10,14H,8-9H2,1-3H3,(H,16,17). The van der Waals surface area contributed by atoms with Crippen LogP contribution in [0.1, 0.15) is 6.42 Å². The summed E-state index contributed by atoms with van der Waals surface area (Å²) >= 11 is 0. The molecular formula is C13H20N2O5S. The highest BCUT2D eigenvalue weighted by Gasteiger charge is 2.21. The molecule has 0 aliphatic heterocycles. The summed E-state index contributed by atoms with van der Waals surface area (Å²) < 4.78 is 30.6. The summed E-state index contributed by atoms with van der Waals surface area (Å²) in [6, 6.07) is 6.46. The summed E-state index contributed by atoms with van der Waals surface area (Å²) in [6.07, 6.45) is -0.704. The Labute approximate surface area is 124 Å². The molecule has 0 aliphatic rings. The van der Waals surface area contributed by atoms with Crippen LogP contribution < -0.4 is 5.32 Å². The molecule has 0 aliphatic carbocycles. The Kier molecular flexibility index (Phi) is 6.13. The maximum atomic E-state index is 12.2. The third-order valence-electron chi connectivity index (χ3n) is 2.90. The highest BCUT2D eigenvalue weighted by Crippen LogP contribution is 2.23. The number of nitrogens with one attached hydrogen (secondary N) is 1. The van der Waals surface area contributed by atoms with Crippen molar-refractivity contribution in [1.82, 2.24) is 4.31 Å². The van der Waals surface area contributed by atoms with Crippen molar-refractivity contribution in [2.24, 2.45) is 0 Å². The van der Waals surface area contributed by atoms with Crippen LogP contribution in [0.2, 0.25) is 0 Å². The largest absolute Gasteiger partial charge is 0.481 e. The Balaban J connectivity index is 2.93. The van der Waals surface area contributed by atoms with Crippen molar-refractivity contribution in [1.29, 1.82) is 0 Å². The molecule has 0 fully saturated rings. The molecule has 0 spiro atoms. The van der Waals surface area contributed by atoms with Gasteiger partial charge in [-0.05, 0) is 12.1 Å². The predicted octanol–water partition coefficient (Wildman–Crippen LogP) is 0.838. The molecule has 1 aromatic carbocycles. The minimum atomic E-state index is -3.57. The van der Waals surface area contributed by atoms with Gasteiger partial charge in [0, 0.05) is 27.7 Å². The number of anilines is 1. The number of carboxylic acids is 1. The summed E-state index contributed by atoms with van der Waals surface area (Å²) in [4.78, 5) is 10.8. The number of nitrogens with zero attached hydrogens (tertiary/aromatic N) is 1. The Hall–Kier alpha value is -1.64. The van der Waals surface area contributed by atoms with Crippen molar-refractivity contribution < 1.29 is 23.1 Å². The lowest BCUT2D eigenvalue weighted by Gasteiger charge is -2.18. The van der Waals surface area contributed by atoms with E-state index >= 15 is 0 Å². The van der Waals surface area contributed by atoms with Gasteiger partial charge in [0.25, 0.3) is 0 Å². The molecule has 1 atom stereocenters. The Bertz CT molecular complexity index is 586. The first-order valence-corrected chi connectivity index (χ1v) is 7.73. The molecule has 0 saturated heterocycles. The smallest absolute Gasteiger partial charge is 0.306 e.